The average molecular weight is 273 g/mol. The van der Waals surface area contributed by atoms with Crippen LogP contribution in [-0.2, 0) is 4.79 Å². The lowest BCUT2D eigenvalue weighted by atomic mass is 9.75. The van der Waals surface area contributed by atoms with Gasteiger partial charge in [-0.2, -0.15) is 0 Å². The molecule has 110 valence electrons. The third-order valence-corrected chi connectivity index (χ3v) is 5.04. The Labute approximate surface area is 114 Å². The zero-order valence-corrected chi connectivity index (χ0v) is 12.1. The molecule has 2 nitrogen and oxygen atoms in total. The zero-order valence-electron chi connectivity index (χ0n) is 12.1. The highest BCUT2D eigenvalue weighted by molar-refractivity contribution is 5.88. The lowest BCUT2D eigenvalue weighted by Gasteiger charge is -2.42. The van der Waals surface area contributed by atoms with Gasteiger partial charge < -0.3 is 0 Å². The number of halogens is 2. The van der Waals surface area contributed by atoms with Crippen LogP contribution in [0.3, 0.4) is 0 Å². The summed E-state index contributed by atoms with van der Waals surface area (Å²) >= 11 is 0. The molecule has 0 spiro atoms. The fourth-order valence-electron chi connectivity index (χ4n) is 3.78. The van der Waals surface area contributed by atoms with Crippen molar-refractivity contribution in [2.24, 2.45) is 5.92 Å². The van der Waals surface area contributed by atoms with Gasteiger partial charge in [0, 0.05) is 19.3 Å². The molecule has 0 heterocycles. The lowest BCUT2D eigenvalue weighted by molar-refractivity contribution is -0.133. The van der Waals surface area contributed by atoms with Crippen LogP contribution in [0.1, 0.15) is 57.8 Å². The third-order valence-electron chi connectivity index (χ3n) is 5.04. The predicted octanol–water partition coefficient (Wildman–Crippen LogP) is 3.65. The molecule has 0 aromatic heterocycles. The number of Topliss-reactive ketones (excluding diaryl/α,β-unsaturated/α-hetero) is 1. The van der Waals surface area contributed by atoms with Crippen molar-refractivity contribution in [1.82, 2.24) is 4.90 Å². The maximum absolute atomic E-state index is 13.2. The molecule has 0 saturated heterocycles. The van der Waals surface area contributed by atoms with Gasteiger partial charge in [0.2, 0.25) is 5.92 Å². The number of ketones is 1. The maximum atomic E-state index is 13.2. The maximum Gasteiger partial charge on any atom is 0.248 e. The topological polar surface area (TPSA) is 20.3 Å². The van der Waals surface area contributed by atoms with Crippen molar-refractivity contribution in [2.45, 2.75) is 69.2 Å². The minimum Gasteiger partial charge on any atom is -0.298 e. The lowest BCUT2D eigenvalue weighted by Crippen LogP contribution is -2.52. The molecule has 2 saturated carbocycles. The van der Waals surface area contributed by atoms with Crippen LogP contribution in [-0.4, -0.2) is 36.2 Å². The van der Waals surface area contributed by atoms with E-state index in [4.69, 9.17) is 0 Å². The molecule has 0 bridgehead atoms. The van der Waals surface area contributed by atoms with Crippen LogP contribution in [0.25, 0.3) is 0 Å². The molecule has 0 aromatic carbocycles. The largest absolute Gasteiger partial charge is 0.298 e. The molecule has 19 heavy (non-hydrogen) atoms. The van der Waals surface area contributed by atoms with Crippen LogP contribution < -0.4 is 0 Å². The van der Waals surface area contributed by atoms with E-state index in [0.29, 0.717) is 12.8 Å². The second-order valence-corrected chi connectivity index (χ2v) is 6.58. The molecule has 0 amide bonds. The number of nitrogens with zero attached hydrogens (tertiary/aromatic N) is 1. The Balaban J connectivity index is 2.01. The smallest absolute Gasteiger partial charge is 0.248 e. The Morgan fingerprint density at radius 3 is 2.26 bits per heavy atom. The third kappa shape index (κ3) is 3.15. The molecule has 4 heteroatoms. The number of rotatable bonds is 4. The van der Waals surface area contributed by atoms with Crippen LogP contribution in [0, 0.1) is 5.92 Å². The van der Waals surface area contributed by atoms with Crippen molar-refractivity contribution in [2.75, 3.05) is 14.1 Å². The molecule has 2 aliphatic rings. The van der Waals surface area contributed by atoms with Gasteiger partial charge in [0.25, 0.3) is 0 Å². The summed E-state index contributed by atoms with van der Waals surface area (Å²) in [4.78, 5) is 14.7. The number of likely N-dealkylation sites (N-methyl/N-ethyl adjacent to an activating group) is 1. The molecule has 0 radical (unpaired) electrons. The van der Waals surface area contributed by atoms with Crippen molar-refractivity contribution in [3.63, 3.8) is 0 Å². The van der Waals surface area contributed by atoms with Gasteiger partial charge in [0.15, 0.2) is 5.78 Å². The fraction of sp³-hybridized carbons (Fsp3) is 0.933. The molecule has 1 unspecified atom stereocenters. The monoisotopic (exact) mass is 273 g/mol. The van der Waals surface area contributed by atoms with E-state index in [-0.39, 0.29) is 30.1 Å². The van der Waals surface area contributed by atoms with Gasteiger partial charge in [-0.15, -0.1) is 0 Å². The van der Waals surface area contributed by atoms with Gasteiger partial charge in [0.1, 0.15) is 0 Å². The summed E-state index contributed by atoms with van der Waals surface area (Å²) in [5.41, 5.74) is -0.379. The average Bonchev–Trinajstić information content (AvgIpc) is 2.69. The molecule has 0 aromatic rings. The van der Waals surface area contributed by atoms with Crippen LogP contribution in [0.5, 0.6) is 0 Å². The molecule has 2 rings (SSSR count). The molecule has 2 aliphatic carbocycles. The van der Waals surface area contributed by atoms with E-state index in [2.05, 4.69) is 0 Å². The molecular formula is C15H25F2NO. The van der Waals surface area contributed by atoms with Gasteiger partial charge in [-0.1, -0.05) is 19.3 Å². The van der Waals surface area contributed by atoms with E-state index >= 15 is 0 Å². The van der Waals surface area contributed by atoms with Crippen molar-refractivity contribution < 1.29 is 13.6 Å². The first kappa shape index (κ1) is 14.9. The Bertz CT molecular complexity index is 335. The summed E-state index contributed by atoms with van der Waals surface area (Å²) in [6.45, 7) is 0. The first-order valence-corrected chi connectivity index (χ1v) is 7.44. The quantitative estimate of drug-likeness (QED) is 0.779. The molecule has 0 aliphatic heterocycles. The Morgan fingerprint density at radius 2 is 1.79 bits per heavy atom. The van der Waals surface area contributed by atoms with Crippen LogP contribution in [0.2, 0.25) is 0 Å². The zero-order chi connectivity index (χ0) is 14.1. The number of carbonyl (C=O) groups is 1. The number of carbonyl (C=O) groups excluding carboxylic acids is 1. The van der Waals surface area contributed by atoms with Crippen molar-refractivity contribution >= 4 is 5.78 Å². The summed E-state index contributed by atoms with van der Waals surface area (Å²) < 4.78 is 26.4. The van der Waals surface area contributed by atoms with E-state index in [1.54, 1.807) is 0 Å². The fourth-order valence-corrected chi connectivity index (χ4v) is 3.78. The summed E-state index contributed by atoms with van der Waals surface area (Å²) in [6.07, 6.45) is 5.82. The summed E-state index contributed by atoms with van der Waals surface area (Å²) in [6, 6.07) is 0. The standard InChI is InChI=1S/C15H25F2NO/c1-18(2)14(7-4-3-5-8-14)13(19)10-12-6-9-15(16,17)11-12/h12H,3-11H2,1-2H3. The van der Waals surface area contributed by atoms with Crippen molar-refractivity contribution in [1.29, 1.82) is 0 Å². The number of hydrogen-bond donors (Lipinski definition) is 0. The van der Waals surface area contributed by atoms with E-state index in [0.717, 1.165) is 25.7 Å². The van der Waals surface area contributed by atoms with Gasteiger partial charge in [-0.25, -0.2) is 8.78 Å². The van der Waals surface area contributed by atoms with Gasteiger partial charge in [0.05, 0.1) is 5.54 Å². The first-order chi connectivity index (χ1) is 8.86. The van der Waals surface area contributed by atoms with E-state index in [1.165, 1.54) is 6.42 Å². The summed E-state index contributed by atoms with van der Waals surface area (Å²) in [5.74, 6) is -2.45. The van der Waals surface area contributed by atoms with Crippen LogP contribution in [0.15, 0.2) is 0 Å². The highest BCUT2D eigenvalue weighted by Gasteiger charge is 2.45. The van der Waals surface area contributed by atoms with Gasteiger partial charge in [-0.3, -0.25) is 9.69 Å². The normalized spacial score (nSPS) is 29.6. The minimum absolute atomic E-state index is 0.0418. The molecule has 2 fully saturated rings. The van der Waals surface area contributed by atoms with E-state index in [9.17, 15) is 13.6 Å². The minimum atomic E-state index is -2.54. The number of alkyl halides is 2. The molecular weight excluding hydrogens is 248 g/mol. The van der Waals surface area contributed by atoms with Gasteiger partial charge >= 0.3 is 0 Å². The first-order valence-electron chi connectivity index (χ1n) is 7.44. The SMILES string of the molecule is CN(C)C1(C(=O)CC2CCC(F)(F)C2)CCCCC1. The summed E-state index contributed by atoms with van der Waals surface area (Å²) in [7, 11) is 3.90. The Hall–Kier alpha value is -0.510. The second-order valence-electron chi connectivity index (χ2n) is 6.58. The van der Waals surface area contributed by atoms with Crippen LogP contribution >= 0.6 is 0 Å². The summed E-state index contributed by atoms with van der Waals surface area (Å²) in [5, 5.41) is 0. The highest BCUT2D eigenvalue weighted by atomic mass is 19.3. The van der Waals surface area contributed by atoms with Crippen molar-refractivity contribution in [3.05, 3.63) is 0 Å². The van der Waals surface area contributed by atoms with E-state index in [1.807, 2.05) is 19.0 Å². The van der Waals surface area contributed by atoms with E-state index < -0.39 is 5.92 Å². The second kappa shape index (κ2) is 5.47. The Morgan fingerprint density at radius 1 is 1.16 bits per heavy atom. The molecule has 1 atom stereocenters. The van der Waals surface area contributed by atoms with Crippen LogP contribution in [0.4, 0.5) is 8.78 Å². The predicted molar refractivity (Wildman–Crippen MR) is 71.4 cm³/mol. The molecule has 0 N–H and O–H groups in total. The van der Waals surface area contributed by atoms with Gasteiger partial charge in [-0.05, 0) is 39.3 Å². The highest BCUT2D eigenvalue weighted by Crippen LogP contribution is 2.42. The van der Waals surface area contributed by atoms with Crippen molar-refractivity contribution in [3.8, 4) is 0 Å². The Kier molecular flexibility index (Phi) is 4.29. The number of hydrogen-bond acceptors (Lipinski definition) is 2.